The van der Waals surface area contributed by atoms with Crippen molar-refractivity contribution in [2.75, 3.05) is 26.2 Å². The lowest BCUT2D eigenvalue weighted by Crippen LogP contribution is -2.54. The number of nitrogens with zero attached hydrogens (tertiary/aromatic N) is 1. The van der Waals surface area contributed by atoms with Crippen molar-refractivity contribution in [3.05, 3.63) is 104 Å². The normalized spacial score (nSPS) is 25.6. The number of carbonyl (C=O) groups excluding carboxylic acids is 1. The molecular weight excluding hydrogens is 639 g/mol. The number of thiophene rings is 2. The first-order valence-electron chi connectivity index (χ1n) is 17.3. The number of carbonyl (C=O) groups is 1. The van der Waals surface area contributed by atoms with Crippen molar-refractivity contribution < 1.29 is 25.2 Å². The number of hydrogen-bond acceptors (Lipinski definition) is 8. The van der Waals surface area contributed by atoms with Crippen LogP contribution in [0.4, 0.5) is 0 Å². The molecule has 4 aromatic rings. The SMILES string of the molecule is CC1=CCC[C@@]2(C)[C@@H](CC[C@@]2(O)CN(CCc2cccs2)C[C@H](O)CO)c2ccc(cc2C(=O)c2cc3ccccc3s2)C[C@@H](O)CC1. The topological polar surface area (TPSA) is 101 Å². The summed E-state index contributed by atoms with van der Waals surface area (Å²) in [5.74, 6) is -0.0832. The van der Waals surface area contributed by atoms with Crippen molar-refractivity contribution in [2.45, 2.75) is 88.9 Å². The molecule has 4 N–H and O–H groups in total. The number of aliphatic hydroxyl groups is 4. The van der Waals surface area contributed by atoms with Gasteiger partial charge in [0.05, 0.1) is 29.3 Å². The molecule has 3 aliphatic rings. The zero-order chi connectivity index (χ0) is 33.9. The van der Waals surface area contributed by atoms with Gasteiger partial charge >= 0.3 is 0 Å². The van der Waals surface area contributed by atoms with Gasteiger partial charge in [0.1, 0.15) is 0 Å². The third kappa shape index (κ3) is 7.55. The Morgan fingerprint density at radius 3 is 2.69 bits per heavy atom. The van der Waals surface area contributed by atoms with Crippen LogP contribution in [0.25, 0.3) is 10.1 Å². The van der Waals surface area contributed by atoms with E-state index in [9.17, 15) is 25.2 Å². The summed E-state index contributed by atoms with van der Waals surface area (Å²) < 4.78 is 1.08. The maximum atomic E-state index is 14.5. The number of allylic oxidation sites excluding steroid dienone is 2. The van der Waals surface area contributed by atoms with Crippen LogP contribution in [0.1, 0.15) is 89.5 Å². The highest BCUT2D eigenvalue weighted by Crippen LogP contribution is 2.59. The highest BCUT2D eigenvalue weighted by Gasteiger charge is 2.57. The predicted octanol–water partition coefficient (Wildman–Crippen LogP) is 7.13. The van der Waals surface area contributed by atoms with Gasteiger partial charge in [-0.15, -0.1) is 22.7 Å². The minimum absolute atomic E-state index is 0.00759. The molecular formula is C40H49NO5S2. The van der Waals surface area contributed by atoms with Gasteiger partial charge in [0, 0.05) is 40.2 Å². The van der Waals surface area contributed by atoms with Crippen LogP contribution in [0.15, 0.2) is 77.7 Å². The number of fused-ring (bicyclic) bond motifs is 9. The zero-order valence-corrected chi connectivity index (χ0v) is 29.7. The minimum atomic E-state index is -1.09. The largest absolute Gasteiger partial charge is 0.394 e. The van der Waals surface area contributed by atoms with Gasteiger partial charge in [-0.05, 0) is 110 Å². The Hall–Kier alpha value is -2.69. The average Bonchev–Trinajstić information content (AvgIpc) is 3.81. The predicted molar refractivity (Wildman–Crippen MR) is 196 cm³/mol. The standard InChI is InChI=1S/C40H49NO5S2/c1-27-7-5-17-39(2)35(15-18-40(39,46)26-41(24-31(44)25-42)19-16-32-9-6-20-47-32)33-14-12-28(21-30(43)13-11-27)22-34(33)38(45)37-23-29-8-3-4-10-36(29)48-37/h3-4,6-10,12,14,20,22-23,30-31,35,42-44,46H,5,11,13,15-19,21,24-26H2,1-2H3/t30-,31-,35-,39-,40+/m0/s1. The van der Waals surface area contributed by atoms with E-state index in [1.54, 1.807) is 11.3 Å². The third-order valence-electron chi connectivity index (χ3n) is 11.0. The monoisotopic (exact) mass is 687 g/mol. The molecule has 1 fully saturated rings. The van der Waals surface area contributed by atoms with Gasteiger partial charge in [-0.2, -0.15) is 0 Å². The molecule has 0 spiro atoms. The van der Waals surface area contributed by atoms with E-state index in [4.69, 9.17) is 0 Å². The van der Waals surface area contributed by atoms with Crippen molar-refractivity contribution >= 4 is 38.5 Å². The van der Waals surface area contributed by atoms with Crippen LogP contribution in [0.3, 0.4) is 0 Å². The van der Waals surface area contributed by atoms with E-state index >= 15 is 0 Å². The Bertz CT molecular complexity index is 1700. The number of rotatable bonds is 10. The summed E-state index contributed by atoms with van der Waals surface area (Å²) in [5, 5.41) is 47.2. The molecule has 3 aliphatic carbocycles. The molecule has 6 nitrogen and oxygen atoms in total. The summed E-state index contributed by atoms with van der Waals surface area (Å²) in [5.41, 5.74) is 2.16. The summed E-state index contributed by atoms with van der Waals surface area (Å²) in [6, 6.07) is 20.4. The number of aliphatic hydroxyl groups excluding tert-OH is 3. The Morgan fingerprint density at radius 1 is 1.08 bits per heavy atom. The van der Waals surface area contributed by atoms with Crippen LogP contribution in [-0.4, -0.2) is 75.2 Å². The zero-order valence-electron chi connectivity index (χ0n) is 28.1. The van der Waals surface area contributed by atoms with Gasteiger partial charge in [0.25, 0.3) is 0 Å². The Balaban J connectivity index is 1.40. The second kappa shape index (κ2) is 15.1. The van der Waals surface area contributed by atoms with Crippen LogP contribution >= 0.6 is 22.7 Å². The lowest BCUT2D eigenvalue weighted by molar-refractivity contribution is -0.0889. The van der Waals surface area contributed by atoms with E-state index in [2.05, 4.69) is 48.4 Å². The van der Waals surface area contributed by atoms with Crippen LogP contribution in [-0.2, 0) is 12.8 Å². The first-order valence-corrected chi connectivity index (χ1v) is 19.0. The minimum Gasteiger partial charge on any atom is -0.394 e. The van der Waals surface area contributed by atoms with Gasteiger partial charge in [-0.1, -0.05) is 55.0 Å². The molecule has 8 heteroatoms. The molecule has 0 radical (unpaired) electrons. The molecule has 0 unspecified atom stereocenters. The summed E-state index contributed by atoms with van der Waals surface area (Å²) in [6.07, 6.45) is 6.41. The lowest BCUT2D eigenvalue weighted by atomic mass is 9.64. The van der Waals surface area contributed by atoms with Crippen molar-refractivity contribution in [3.63, 3.8) is 0 Å². The van der Waals surface area contributed by atoms with Gasteiger partial charge in [-0.3, -0.25) is 9.69 Å². The first-order chi connectivity index (χ1) is 23.1. The quantitative estimate of drug-likeness (QED) is 0.105. The van der Waals surface area contributed by atoms with Gasteiger partial charge in [-0.25, -0.2) is 0 Å². The molecule has 5 atom stereocenters. The first kappa shape index (κ1) is 35.1. The van der Waals surface area contributed by atoms with Gasteiger partial charge in [0.2, 0.25) is 5.78 Å². The lowest BCUT2D eigenvalue weighted by Gasteiger charge is -2.46. The number of ketones is 1. The molecule has 0 aliphatic heterocycles. The Kier molecular flexibility index (Phi) is 11.0. The Morgan fingerprint density at radius 2 is 1.92 bits per heavy atom. The van der Waals surface area contributed by atoms with Crippen LogP contribution in [0.2, 0.25) is 0 Å². The van der Waals surface area contributed by atoms with Crippen molar-refractivity contribution in [1.29, 1.82) is 0 Å². The molecule has 1 saturated carbocycles. The van der Waals surface area contributed by atoms with Crippen molar-refractivity contribution in [2.24, 2.45) is 5.41 Å². The molecule has 48 heavy (non-hydrogen) atoms. The van der Waals surface area contributed by atoms with Crippen LogP contribution in [0, 0.1) is 5.41 Å². The van der Waals surface area contributed by atoms with Gasteiger partial charge in [0.15, 0.2) is 0 Å². The molecule has 2 aromatic heterocycles. The molecule has 2 heterocycles. The molecule has 7 rings (SSSR count). The smallest absolute Gasteiger partial charge is 0.203 e. The van der Waals surface area contributed by atoms with E-state index in [1.807, 2.05) is 42.5 Å². The van der Waals surface area contributed by atoms with Crippen molar-refractivity contribution in [3.8, 4) is 0 Å². The molecule has 0 saturated heterocycles. The fourth-order valence-corrected chi connectivity index (χ4v) is 9.82. The summed E-state index contributed by atoms with van der Waals surface area (Å²) in [7, 11) is 0. The Labute approximate surface area is 292 Å². The maximum Gasteiger partial charge on any atom is 0.203 e. The fraction of sp³-hybridized carbons (Fsp3) is 0.475. The molecule has 2 bridgehead atoms. The molecule has 256 valence electrons. The highest BCUT2D eigenvalue weighted by atomic mass is 32.1. The van der Waals surface area contributed by atoms with E-state index in [0.717, 1.165) is 53.3 Å². The maximum absolute atomic E-state index is 14.5. The second-order valence-corrected chi connectivity index (χ2v) is 16.4. The van der Waals surface area contributed by atoms with E-state index in [0.29, 0.717) is 42.8 Å². The highest BCUT2D eigenvalue weighted by molar-refractivity contribution is 7.21. The van der Waals surface area contributed by atoms with Crippen molar-refractivity contribution in [1.82, 2.24) is 4.90 Å². The van der Waals surface area contributed by atoms with Gasteiger partial charge < -0.3 is 20.4 Å². The third-order valence-corrected chi connectivity index (χ3v) is 13.0. The van der Waals surface area contributed by atoms with E-state index in [-0.39, 0.29) is 24.9 Å². The number of benzene rings is 2. The summed E-state index contributed by atoms with van der Waals surface area (Å²) >= 11 is 3.21. The number of hydrogen-bond donors (Lipinski definition) is 4. The van der Waals surface area contributed by atoms with E-state index in [1.165, 1.54) is 21.8 Å². The fourth-order valence-electron chi connectivity index (χ4n) is 8.11. The summed E-state index contributed by atoms with van der Waals surface area (Å²) in [4.78, 5) is 18.5. The average molecular weight is 688 g/mol. The van der Waals surface area contributed by atoms with Crippen LogP contribution in [0.5, 0.6) is 0 Å². The van der Waals surface area contributed by atoms with Crippen LogP contribution < -0.4 is 0 Å². The molecule has 2 aromatic carbocycles. The second-order valence-electron chi connectivity index (χ2n) is 14.3. The summed E-state index contributed by atoms with van der Waals surface area (Å²) in [6.45, 7) is 5.29. The van der Waals surface area contributed by atoms with E-state index < -0.39 is 23.2 Å². The molecule has 0 amide bonds.